The largest absolute Gasteiger partial charge is 0.623 e. The van der Waals surface area contributed by atoms with Crippen LogP contribution in [0, 0.1) is 5.21 Å². The number of aliphatic imine (C=N–C) groups is 1. The molecule has 1 heterocycles. The highest BCUT2D eigenvalue weighted by molar-refractivity contribution is 6.31. The van der Waals surface area contributed by atoms with E-state index in [1.807, 2.05) is 37.3 Å². The second-order valence-corrected chi connectivity index (χ2v) is 6.76. The van der Waals surface area contributed by atoms with Gasteiger partial charge in [0, 0.05) is 17.6 Å². The maximum Gasteiger partial charge on any atom is 0.228 e. The van der Waals surface area contributed by atoms with Gasteiger partial charge in [-0.1, -0.05) is 43.1 Å². The Labute approximate surface area is 170 Å². The molecule has 27 heavy (non-hydrogen) atoms. The smallest absolute Gasteiger partial charge is 0.228 e. The molecule has 1 aliphatic rings. The fraction of sp³-hybridized carbons (Fsp3) is 0.300. The van der Waals surface area contributed by atoms with Crippen LogP contribution in [0.25, 0.3) is 0 Å². The zero-order valence-electron chi connectivity index (χ0n) is 15.3. The van der Waals surface area contributed by atoms with Crippen molar-refractivity contribution in [3.63, 3.8) is 0 Å². The van der Waals surface area contributed by atoms with Gasteiger partial charge in [-0.2, -0.15) is 4.74 Å². The van der Waals surface area contributed by atoms with Gasteiger partial charge in [-0.15, -0.1) is 12.4 Å². The first-order valence-corrected chi connectivity index (χ1v) is 9.04. The van der Waals surface area contributed by atoms with Crippen molar-refractivity contribution in [3.05, 3.63) is 69.9 Å². The van der Waals surface area contributed by atoms with E-state index in [1.165, 1.54) is 0 Å². The van der Waals surface area contributed by atoms with Crippen LogP contribution in [0.1, 0.15) is 30.9 Å². The fourth-order valence-electron chi connectivity index (χ4n) is 3.02. The third-order valence-corrected chi connectivity index (χ3v) is 4.68. The van der Waals surface area contributed by atoms with E-state index >= 15 is 0 Å². The van der Waals surface area contributed by atoms with Crippen LogP contribution in [-0.4, -0.2) is 46.1 Å². The molecule has 3 rings (SSSR count). The second kappa shape index (κ2) is 9.22. The molecule has 0 bridgehead atoms. The molecule has 7 heteroatoms. The summed E-state index contributed by atoms with van der Waals surface area (Å²) >= 11 is 6.19. The highest BCUT2D eigenvalue weighted by Crippen LogP contribution is 2.28. The van der Waals surface area contributed by atoms with Gasteiger partial charge < -0.3 is 15.2 Å². The van der Waals surface area contributed by atoms with E-state index in [-0.39, 0.29) is 19.0 Å². The van der Waals surface area contributed by atoms with Crippen molar-refractivity contribution in [3.8, 4) is 0 Å². The predicted octanol–water partition coefficient (Wildman–Crippen LogP) is 4.20. The second-order valence-electron chi connectivity index (χ2n) is 6.32. The molecule has 5 nitrogen and oxygen atoms in total. The Morgan fingerprint density at radius 3 is 2.63 bits per heavy atom. The number of nitrogens with zero attached hydrogens (tertiary/aromatic N) is 3. The summed E-state index contributed by atoms with van der Waals surface area (Å²) in [6.07, 6.45) is 0.770. The maximum atomic E-state index is 13.0. The van der Waals surface area contributed by atoms with Gasteiger partial charge in [0.15, 0.2) is 5.84 Å². The molecular weight excluding hydrogens is 385 g/mol. The number of amidine groups is 1. The Bertz CT molecular complexity index is 854. The Balaban J connectivity index is 0.00000261. The topological polar surface area (TPSA) is 61.9 Å². The molecule has 0 saturated carbocycles. The number of halogens is 2. The molecule has 2 aromatic carbocycles. The van der Waals surface area contributed by atoms with E-state index in [1.54, 1.807) is 30.1 Å². The summed E-state index contributed by atoms with van der Waals surface area (Å²) < 4.78 is 0.922. The Kier molecular flexibility index (Phi) is 7.25. The number of hydrogen-bond acceptors (Lipinski definition) is 4. The molecule has 2 aromatic rings. The fourth-order valence-corrected chi connectivity index (χ4v) is 3.19. The molecule has 1 aliphatic heterocycles. The summed E-state index contributed by atoms with van der Waals surface area (Å²) in [6.45, 7) is 2.05. The SMILES string of the molecule is CCCC(O)N(C)C1=Nc2ccc(Cl)cc2C(c2ccccc2)=[N+]([O-])C1.Cl. The van der Waals surface area contributed by atoms with Gasteiger partial charge in [0.25, 0.3) is 0 Å². The van der Waals surface area contributed by atoms with Gasteiger partial charge in [0.05, 0.1) is 11.3 Å². The van der Waals surface area contributed by atoms with Crippen LogP contribution in [0.4, 0.5) is 5.69 Å². The van der Waals surface area contributed by atoms with Gasteiger partial charge in [0.1, 0.15) is 6.23 Å². The number of hydrogen-bond donors (Lipinski definition) is 1. The lowest BCUT2D eigenvalue weighted by Crippen LogP contribution is -2.40. The molecule has 1 unspecified atom stereocenters. The summed E-state index contributed by atoms with van der Waals surface area (Å²) in [5.41, 5.74) is 2.68. The molecule has 0 aliphatic carbocycles. The van der Waals surface area contributed by atoms with Crippen LogP contribution in [0.3, 0.4) is 0 Å². The van der Waals surface area contributed by atoms with E-state index in [0.717, 1.165) is 16.7 Å². The first-order valence-electron chi connectivity index (χ1n) is 8.66. The van der Waals surface area contributed by atoms with Crippen molar-refractivity contribution in [2.24, 2.45) is 4.99 Å². The normalized spacial score (nSPS) is 14.6. The minimum Gasteiger partial charge on any atom is -0.623 e. The zero-order valence-corrected chi connectivity index (χ0v) is 16.9. The monoisotopic (exact) mass is 407 g/mol. The number of hydroxylamine groups is 1. The molecule has 0 fully saturated rings. The molecule has 0 aromatic heterocycles. The van der Waals surface area contributed by atoms with Crippen molar-refractivity contribution in [2.75, 3.05) is 13.6 Å². The van der Waals surface area contributed by atoms with Crippen molar-refractivity contribution in [2.45, 2.75) is 26.0 Å². The minimum atomic E-state index is -0.679. The van der Waals surface area contributed by atoms with Gasteiger partial charge >= 0.3 is 0 Å². The standard InChI is InChI=1S/C20H22ClN3O2.ClH/c1-3-7-19(25)23(2)18-13-24(26)20(14-8-5-4-6-9-14)16-12-15(21)10-11-17(16)22-18;/h4-6,8-12,19,25H,3,7,13H2,1-2H3;1H. The van der Waals surface area contributed by atoms with E-state index in [4.69, 9.17) is 11.6 Å². The van der Waals surface area contributed by atoms with Crippen LogP contribution < -0.4 is 0 Å². The van der Waals surface area contributed by atoms with Gasteiger partial charge in [-0.25, -0.2) is 4.99 Å². The van der Waals surface area contributed by atoms with Crippen LogP contribution in [0.15, 0.2) is 53.5 Å². The first-order chi connectivity index (χ1) is 12.5. The predicted molar refractivity (Wildman–Crippen MR) is 113 cm³/mol. The summed E-state index contributed by atoms with van der Waals surface area (Å²) in [7, 11) is 1.76. The third-order valence-electron chi connectivity index (χ3n) is 4.45. The average molecular weight is 408 g/mol. The molecule has 1 atom stereocenters. The van der Waals surface area contributed by atoms with Crippen LogP contribution in [0.2, 0.25) is 5.02 Å². The van der Waals surface area contributed by atoms with Crippen LogP contribution in [0.5, 0.6) is 0 Å². The zero-order chi connectivity index (χ0) is 18.7. The lowest BCUT2D eigenvalue weighted by molar-refractivity contribution is -0.440. The van der Waals surface area contributed by atoms with Gasteiger partial charge in [-0.3, -0.25) is 0 Å². The molecule has 0 radical (unpaired) electrons. The molecule has 144 valence electrons. The van der Waals surface area contributed by atoms with E-state index in [2.05, 4.69) is 4.99 Å². The number of fused-ring (bicyclic) bond motifs is 1. The van der Waals surface area contributed by atoms with Crippen molar-refractivity contribution in [1.29, 1.82) is 0 Å². The Morgan fingerprint density at radius 2 is 1.96 bits per heavy atom. The molecule has 0 saturated heterocycles. The lowest BCUT2D eigenvalue weighted by atomic mass is 10.0. The number of likely N-dealkylation sites (N-methyl/N-ethyl adjacent to an activating group) is 1. The summed E-state index contributed by atoms with van der Waals surface area (Å²) in [5, 5.41) is 23.9. The van der Waals surface area contributed by atoms with E-state index in [0.29, 0.717) is 34.2 Å². The Morgan fingerprint density at radius 1 is 1.26 bits per heavy atom. The average Bonchev–Trinajstić information content (AvgIpc) is 2.77. The van der Waals surface area contributed by atoms with Gasteiger partial charge in [0.2, 0.25) is 12.3 Å². The highest BCUT2D eigenvalue weighted by Gasteiger charge is 2.27. The number of benzene rings is 2. The summed E-state index contributed by atoms with van der Waals surface area (Å²) in [4.78, 5) is 6.34. The number of rotatable bonds is 4. The van der Waals surface area contributed by atoms with Gasteiger partial charge in [-0.05, 0) is 36.8 Å². The number of aliphatic hydroxyl groups is 1. The minimum absolute atomic E-state index is 0. The molecule has 0 spiro atoms. The van der Waals surface area contributed by atoms with E-state index < -0.39 is 6.23 Å². The Hall–Kier alpha value is -2.08. The van der Waals surface area contributed by atoms with Crippen molar-refractivity contribution in [1.82, 2.24) is 4.90 Å². The van der Waals surface area contributed by atoms with Crippen molar-refractivity contribution >= 4 is 41.2 Å². The quantitative estimate of drug-likeness (QED) is 0.469. The third kappa shape index (κ3) is 4.61. The van der Waals surface area contributed by atoms with Crippen LogP contribution >= 0.6 is 24.0 Å². The van der Waals surface area contributed by atoms with E-state index in [9.17, 15) is 10.3 Å². The van der Waals surface area contributed by atoms with Crippen molar-refractivity contribution < 1.29 is 9.85 Å². The first kappa shape index (κ1) is 21.2. The lowest BCUT2D eigenvalue weighted by Gasteiger charge is -2.25. The molecule has 1 N–H and O–H groups in total. The summed E-state index contributed by atoms with van der Waals surface area (Å²) in [6, 6.07) is 14.8. The highest BCUT2D eigenvalue weighted by atomic mass is 35.5. The number of aliphatic hydroxyl groups excluding tert-OH is 1. The molecule has 0 amide bonds. The van der Waals surface area contributed by atoms with Crippen LogP contribution in [-0.2, 0) is 0 Å². The molecular formula is C20H23Cl2N3O2. The summed E-state index contributed by atoms with van der Waals surface area (Å²) in [5.74, 6) is 0.524. The maximum absolute atomic E-state index is 13.0.